The number of hydrogen-bond acceptors (Lipinski definition) is 5. The highest BCUT2D eigenvalue weighted by molar-refractivity contribution is 7.90. The zero-order chi connectivity index (χ0) is 12.1. The molecule has 0 radical (unpaired) electrons. The Kier molecular flexibility index (Phi) is 5.82. The van der Waals surface area contributed by atoms with Crippen LogP contribution in [0.5, 0.6) is 0 Å². The van der Waals surface area contributed by atoms with E-state index in [2.05, 4.69) is 5.32 Å². The smallest absolute Gasteiger partial charge is 0.322 e. The number of rotatable bonds is 6. The molecule has 0 amide bonds. The maximum Gasteiger partial charge on any atom is 0.322 e. The maximum absolute atomic E-state index is 11.2. The van der Waals surface area contributed by atoms with Gasteiger partial charge in [-0.05, 0) is 20.8 Å². The standard InChI is InChI=1S/C9H19NO4S/c1-5-14-9(11)8(3)10-7(2)6-15(4,12)13/h7-8,10H,5-6H2,1-4H3. The van der Waals surface area contributed by atoms with Gasteiger partial charge in [0.25, 0.3) is 0 Å². The Hall–Kier alpha value is -0.620. The summed E-state index contributed by atoms with van der Waals surface area (Å²) in [6, 6.07) is -0.749. The molecule has 0 bridgehead atoms. The van der Waals surface area contributed by atoms with Crippen molar-refractivity contribution < 1.29 is 17.9 Å². The highest BCUT2D eigenvalue weighted by Crippen LogP contribution is 1.95. The van der Waals surface area contributed by atoms with Gasteiger partial charge in [-0.25, -0.2) is 8.42 Å². The molecule has 1 N–H and O–H groups in total. The van der Waals surface area contributed by atoms with Gasteiger partial charge in [-0.1, -0.05) is 0 Å². The zero-order valence-corrected chi connectivity index (χ0v) is 10.4. The van der Waals surface area contributed by atoms with Gasteiger partial charge in [0.1, 0.15) is 15.9 Å². The second kappa shape index (κ2) is 6.07. The second-order valence-electron chi connectivity index (χ2n) is 3.63. The molecule has 5 nitrogen and oxygen atoms in total. The fourth-order valence-corrected chi connectivity index (χ4v) is 2.27. The van der Waals surface area contributed by atoms with Crippen LogP contribution in [0.15, 0.2) is 0 Å². The molecular formula is C9H19NO4S. The summed E-state index contributed by atoms with van der Waals surface area (Å²) >= 11 is 0. The van der Waals surface area contributed by atoms with Crippen molar-refractivity contribution in [2.24, 2.45) is 0 Å². The monoisotopic (exact) mass is 237 g/mol. The van der Waals surface area contributed by atoms with E-state index in [1.54, 1.807) is 20.8 Å². The average Bonchev–Trinajstić information content (AvgIpc) is 2.00. The minimum atomic E-state index is -3.02. The molecule has 0 rings (SSSR count). The van der Waals surface area contributed by atoms with Gasteiger partial charge >= 0.3 is 5.97 Å². The Morgan fingerprint density at radius 2 is 1.93 bits per heavy atom. The number of carbonyl (C=O) groups excluding carboxylic acids is 1. The first-order valence-electron chi connectivity index (χ1n) is 4.86. The summed E-state index contributed by atoms with van der Waals surface area (Å²) in [5, 5.41) is 2.87. The van der Waals surface area contributed by atoms with Crippen LogP contribution in [0.25, 0.3) is 0 Å². The summed E-state index contributed by atoms with van der Waals surface area (Å²) in [5.74, 6) is -0.352. The number of sulfone groups is 1. The third kappa shape index (κ3) is 7.33. The van der Waals surface area contributed by atoms with Gasteiger partial charge in [0, 0.05) is 12.3 Å². The first-order chi connectivity index (χ1) is 6.76. The molecule has 0 aliphatic carbocycles. The van der Waals surface area contributed by atoms with Crippen molar-refractivity contribution in [1.82, 2.24) is 5.32 Å². The highest BCUT2D eigenvalue weighted by Gasteiger charge is 2.18. The fraction of sp³-hybridized carbons (Fsp3) is 0.889. The Morgan fingerprint density at radius 3 is 2.33 bits per heavy atom. The van der Waals surface area contributed by atoms with E-state index >= 15 is 0 Å². The van der Waals surface area contributed by atoms with Crippen molar-refractivity contribution in [2.45, 2.75) is 32.9 Å². The molecular weight excluding hydrogens is 218 g/mol. The minimum absolute atomic E-state index is 0.0107. The molecule has 0 fully saturated rings. The summed E-state index contributed by atoms with van der Waals surface area (Å²) < 4.78 is 26.7. The molecule has 0 saturated heterocycles. The van der Waals surface area contributed by atoms with Gasteiger partial charge in [-0.2, -0.15) is 0 Å². The average molecular weight is 237 g/mol. The van der Waals surface area contributed by atoms with Crippen molar-refractivity contribution >= 4 is 15.8 Å². The Morgan fingerprint density at radius 1 is 1.40 bits per heavy atom. The normalized spacial score (nSPS) is 15.7. The van der Waals surface area contributed by atoms with E-state index in [-0.39, 0.29) is 17.8 Å². The van der Waals surface area contributed by atoms with E-state index in [4.69, 9.17) is 4.74 Å². The molecule has 0 heterocycles. The predicted molar refractivity (Wildman–Crippen MR) is 58.4 cm³/mol. The van der Waals surface area contributed by atoms with Gasteiger partial charge < -0.3 is 10.1 Å². The maximum atomic E-state index is 11.2. The second-order valence-corrected chi connectivity index (χ2v) is 5.82. The summed E-state index contributed by atoms with van der Waals surface area (Å²) in [7, 11) is -3.02. The summed E-state index contributed by atoms with van der Waals surface area (Å²) in [4.78, 5) is 11.2. The van der Waals surface area contributed by atoms with Crippen molar-refractivity contribution in [2.75, 3.05) is 18.6 Å². The molecule has 2 atom stereocenters. The Bertz CT molecular complexity index is 299. The predicted octanol–water partition coefficient (Wildman–Crippen LogP) is -0.0393. The molecule has 0 aromatic heterocycles. The lowest BCUT2D eigenvalue weighted by Gasteiger charge is -2.17. The van der Waals surface area contributed by atoms with Gasteiger partial charge in [0.15, 0.2) is 0 Å². The number of esters is 1. The molecule has 6 heteroatoms. The van der Waals surface area contributed by atoms with E-state index in [9.17, 15) is 13.2 Å². The molecule has 0 saturated carbocycles. The lowest BCUT2D eigenvalue weighted by molar-refractivity contribution is -0.145. The van der Waals surface area contributed by atoms with E-state index in [1.165, 1.54) is 6.26 Å². The number of hydrogen-bond donors (Lipinski definition) is 1. The fourth-order valence-electron chi connectivity index (χ4n) is 1.26. The molecule has 0 aliphatic heterocycles. The topological polar surface area (TPSA) is 72.5 Å². The number of ether oxygens (including phenoxy) is 1. The zero-order valence-electron chi connectivity index (χ0n) is 9.61. The van der Waals surface area contributed by atoms with Gasteiger partial charge in [-0.15, -0.1) is 0 Å². The first-order valence-corrected chi connectivity index (χ1v) is 6.92. The first kappa shape index (κ1) is 14.4. The van der Waals surface area contributed by atoms with Crippen LogP contribution in [0.4, 0.5) is 0 Å². The molecule has 0 aromatic carbocycles. The van der Waals surface area contributed by atoms with Crippen molar-refractivity contribution in [3.05, 3.63) is 0 Å². The van der Waals surface area contributed by atoms with Crippen LogP contribution in [0.1, 0.15) is 20.8 Å². The van der Waals surface area contributed by atoms with Crippen LogP contribution in [0, 0.1) is 0 Å². The largest absolute Gasteiger partial charge is 0.465 e. The van der Waals surface area contributed by atoms with Crippen LogP contribution in [0.2, 0.25) is 0 Å². The number of nitrogens with one attached hydrogen (secondary N) is 1. The minimum Gasteiger partial charge on any atom is -0.465 e. The van der Waals surface area contributed by atoms with E-state index in [0.29, 0.717) is 6.61 Å². The lowest BCUT2D eigenvalue weighted by Crippen LogP contribution is -2.43. The van der Waals surface area contributed by atoms with E-state index in [1.807, 2.05) is 0 Å². The van der Waals surface area contributed by atoms with Crippen LogP contribution in [0.3, 0.4) is 0 Å². The van der Waals surface area contributed by atoms with Crippen molar-refractivity contribution in [1.29, 1.82) is 0 Å². The summed E-state index contributed by atoms with van der Waals surface area (Å²) in [6.45, 7) is 5.42. The third-order valence-corrected chi connectivity index (χ3v) is 2.83. The molecule has 0 aromatic rings. The molecule has 0 spiro atoms. The van der Waals surface area contributed by atoms with Crippen molar-refractivity contribution in [3.63, 3.8) is 0 Å². The van der Waals surface area contributed by atoms with Crippen LogP contribution in [-0.4, -0.2) is 45.1 Å². The molecule has 2 unspecified atom stereocenters. The van der Waals surface area contributed by atoms with E-state index < -0.39 is 15.9 Å². The third-order valence-electron chi connectivity index (χ3n) is 1.73. The Balaban J connectivity index is 4.07. The van der Waals surface area contributed by atoms with Gasteiger partial charge in [0.2, 0.25) is 0 Å². The Labute approximate surface area is 91.1 Å². The molecule has 0 aliphatic rings. The quantitative estimate of drug-likeness (QED) is 0.656. The lowest BCUT2D eigenvalue weighted by atomic mass is 10.3. The van der Waals surface area contributed by atoms with Crippen molar-refractivity contribution in [3.8, 4) is 0 Å². The summed E-state index contributed by atoms with van der Waals surface area (Å²) in [5.41, 5.74) is 0. The van der Waals surface area contributed by atoms with Crippen LogP contribution >= 0.6 is 0 Å². The highest BCUT2D eigenvalue weighted by atomic mass is 32.2. The molecule has 15 heavy (non-hydrogen) atoms. The molecule has 90 valence electrons. The van der Waals surface area contributed by atoms with E-state index in [0.717, 1.165) is 0 Å². The summed E-state index contributed by atoms with van der Waals surface area (Å²) in [6.07, 6.45) is 1.17. The SMILES string of the molecule is CCOC(=O)C(C)NC(C)CS(C)(=O)=O. The van der Waals surface area contributed by atoms with Crippen LogP contribution < -0.4 is 5.32 Å². The van der Waals surface area contributed by atoms with Gasteiger partial charge in [-0.3, -0.25) is 4.79 Å². The number of carbonyl (C=O) groups is 1. The van der Waals surface area contributed by atoms with Gasteiger partial charge in [0.05, 0.1) is 12.4 Å². The van der Waals surface area contributed by atoms with Crippen LogP contribution in [-0.2, 0) is 19.4 Å².